The first-order chi connectivity index (χ1) is 12.7. The molecule has 1 aliphatic heterocycles. The first-order valence-corrected chi connectivity index (χ1v) is 9.53. The van der Waals surface area contributed by atoms with Crippen LogP contribution in [0.4, 0.5) is 10.5 Å². The molecule has 0 radical (unpaired) electrons. The van der Waals surface area contributed by atoms with Gasteiger partial charge in [0.25, 0.3) is 5.91 Å². The van der Waals surface area contributed by atoms with E-state index in [1.165, 1.54) is 18.2 Å². The number of rotatable bonds is 5. The Hall–Kier alpha value is -2.28. The third-order valence-corrected chi connectivity index (χ3v) is 4.29. The first-order valence-electron chi connectivity index (χ1n) is 9.53. The van der Waals surface area contributed by atoms with E-state index in [1.54, 1.807) is 20.8 Å². The average Bonchev–Trinajstić information content (AvgIpc) is 2.54. The van der Waals surface area contributed by atoms with E-state index in [2.05, 4.69) is 22.5 Å². The first kappa shape index (κ1) is 21.0. The molecule has 2 amide bonds. The number of phenolic OH excluding ortho intramolecular Hbond substituents is 1. The standard InChI is InChI=1S/C20H31N3O4/c1-5-8-23-9-6-15(7-10-23)21-18(25)14-11-16(13-17(24)12-14)22-19(26)27-20(2,3)4/h11-13,15,24H,5-10H2,1-4H3,(H,21,25)(H,22,26). The number of anilines is 1. The van der Waals surface area contributed by atoms with Crippen LogP contribution in [-0.2, 0) is 4.74 Å². The van der Waals surface area contributed by atoms with Gasteiger partial charge in [-0.2, -0.15) is 0 Å². The molecule has 0 spiro atoms. The summed E-state index contributed by atoms with van der Waals surface area (Å²) < 4.78 is 5.20. The van der Waals surface area contributed by atoms with Gasteiger partial charge in [0.2, 0.25) is 0 Å². The molecule has 1 heterocycles. The van der Waals surface area contributed by atoms with Crippen molar-refractivity contribution < 1.29 is 19.4 Å². The van der Waals surface area contributed by atoms with Gasteiger partial charge in [-0.1, -0.05) is 6.92 Å². The molecular formula is C20H31N3O4. The third kappa shape index (κ3) is 7.09. The second kappa shape index (κ2) is 9.08. The normalized spacial score (nSPS) is 16.0. The maximum atomic E-state index is 12.6. The molecule has 3 N–H and O–H groups in total. The highest BCUT2D eigenvalue weighted by atomic mass is 16.6. The predicted octanol–water partition coefficient (Wildman–Crippen LogP) is 3.34. The van der Waals surface area contributed by atoms with Crippen molar-refractivity contribution in [2.75, 3.05) is 25.0 Å². The summed E-state index contributed by atoms with van der Waals surface area (Å²) >= 11 is 0. The summed E-state index contributed by atoms with van der Waals surface area (Å²) in [6, 6.07) is 4.42. The number of nitrogens with one attached hydrogen (secondary N) is 2. The average molecular weight is 377 g/mol. The number of hydrogen-bond donors (Lipinski definition) is 3. The molecule has 7 heteroatoms. The number of benzene rings is 1. The molecule has 2 rings (SSSR count). The van der Waals surface area contributed by atoms with E-state index in [0.717, 1.165) is 38.9 Å². The van der Waals surface area contributed by atoms with Gasteiger partial charge in [-0.05, 0) is 58.7 Å². The van der Waals surface area contributed by atoms with Crippen LogP contribution in [0.15, 0.2) is 18.2 Å². The largest absolute Gasteiger partial charge is 0.508 e. The van der Waals surface area contributed by atoms with Gasteiger partial charge >= 0.3 is 6.09 Å². The van der Waals surface area contributed by atoms with Crippen molar-refractivity contribution in [2.24, 2.45) is 0 Å². The Morgan fingerprint density at radius 1 is 1.22 bits per heavy atom. The summed E-state index contributed by atoms with van der Waals surface area (Å²) in [5.74, 6) is -0.349. The zero-order valence-electron chi connectivity index (χ0n) is 16.7. The summed E-state index contributed by atoms with van der Waals surface area (Å²) in [5.41, 5.74) is -0.0162. The summed E-state index contributed by atoms with van der Waals surface area (Å²) in [7, 11) is 0. The number of aromatic hydroxyl groups is 1. The lowest BCUT2D eigenvalue weighted by molar-refractivity contribution is 0.0635. The maximum Gasteiger partial charge on any atom is 0.412 e. The van der Waals surface area contributed by atoms with Crippen LogP contribution >= 0.6 is 0 Å². The van der Waals surface area contributed by atoms with Crippen molar-refractivity contribution in [1.82, 2.24) is 10.2 Å². The van der Waals surface area contributed by atoms with E-state index in [0.29, 0.717) is 11.3 Å². The van der Waals surface area contributed by atoms with Gasteiger partial charge in [0.05, 0.1) is 0 Å². The van der Waals surface area contributed by atoms with Crippen LogP contribution in [-0.4, -0.2) is 53.3 Å². The van der Waals surface area contributed by atoms with Crippen molar-refractivity contribution in [3.63, 3.8) is 0 Å². The molecular weight excluding hydrogens is 346 g/mol. The van der Waals surface area contributed by atoms with E-state index >= 15 is 0 Å². The molecule has 0 aliphatic carbocycles. The van der Waals surface area contributed by atoms with Crippen molar-refractivity contribution in [1.29, 1.82) is 0 Å². The van der Waals surface area contributed by atoms with E-state index in [-0.39, 0.29) is 17.7 Å². The van der Waals surface area contributed by atoms with Crippen molar-refractivity contribution >= 4 is 17.7 Å². The van der Waals surface area contributed by atoms with Crippen LogP contribution in [0.25, 0.3) is 0 Å². The lowest BCUT2D eigenvalue weighted by Gasteiger charge is -2.32. The lowest BCUT2D eigenvalue weighted by Crippen LogP contribution is -2.44. The molecule has 0 unspecified atom stereocenters. The zero-order valence-corrected chi connectivity index (χ0v) is 16.7. The summed E-state index contributed by atoms with van der Waals surface area (Å²) in [6.45, 7) is 10.5. The minimum absolute atomic E-state index is 0.0912. The smallest absolute Gasteiger partial charge is 0.412 e. The molecule has 1 aromatic carbocycles. The molecule has 1 aliphatic rings. The highest BCUT2D eigenvalue weighted by molar-refractivity contribution is 5.97. The molecule has 1 saturated heterocycles. The minimum Gasteiger partial charge on any atom is -0.508 e. The fourth-order valence-electron chi connectivity index (χ4n) is 3.12. The van der Waals surface area contributed by atoms with Gasteiger partial charge < -0.3 is 20.1 Å². The number of amides is 2. The number of piperidine rings is 1. The van der Waals surface area contributed by atoms with E-state index in [9.17, 15) is 14.7 Å². The summed E-state index contributed by atoms with van der Waals surface area (Å²) in [5, 5.41) is 15.5. The molecule has 1 fully saturated rings. The van der Waals surface area contributed by atoms with E-state index in [1.807, 2.05) is 0 Å². The van der Waals surface area contributed by atoms with E-state index < -0.39 is 11.7 Å². The van der Waals surface area contributed by atoms with Crippen molar-refractivity contribution in [3.8, 4) is 5.75 Å². The Morgan fingerprint density at radius 2 is 1.89 bits per heavy atom. The molecule has 7 nitrogen and oxygen atoms in total. The number of phenols is 1. The van der Waals surface area contributed by atoms with Crippen LogP contribution in [0.2, 0.25) is 0 Å². The lowest BCUT2D eigenvalue weighted by atomic mass is 10.0. The van der Waals surface area contributed by atoms with Crippen molar-refractivity contribution in [2.45, 2.75) is 58.6 Å². The number of carbonyl (C=O) groups is 2. The molecule has 0 aromatic heterocycles. The summed E-state index contributed by atoms with van der Waals surface area (Å²) in [6.07, 6.45) is 2.32. The fourth-order valence-corrected chi connectivity index (χ4v) is 3.12. The topological polar surface area (TPSA) is 90.9 Å². The van der Waals surface area contributed by atoms with Crippen LogP contribution in [0.3, 0.4) is 0 Å². The molecule has 0 bridgehead atoms. The molecule has 0 atom stereocenters. The van der Waals surface area contributed by atoms with Crippen molar-refractivity contribution in [3.05, 3.63) is 23.8 Å². The Bertz CT molecular complexity index is 662. The van der Waals surface area contributed by atoms with E-state index in [4.69, 9.17) is 4.74 Å². The van der Waals surface area contributed by atoms with Gasteiger partial charge in [0, 0.05) is 36.4 Å². The minimum atomic E-state index is -0.636. The SMILES string of the molecule is CCCN1CCC(NC(=O)c2cc(O)cc(NC(=O)OC(C)(C)C)c2)CC1. The number of nitrogens with zero attached hydrogens (tertiary/aromatic N) is 1. The zero-order chi connectivity index (χ0) is 20.0. The molecule has 1 aromatic rings. The quantitative estimate of drug-likeness (QED) is 0.732. The molecule has 0 saturated carbocycles. The Morgan fingerprint density at radius 3 is 2.48 bits per heavy atom. The van der Waals surface area contributed by atoms with Crippen LogP contribution in [0, 0.1) is 0 Å². The fraction of sp³-hybridized carbons (Fsp3) is 0.600. The third-order valence-electron chi connectivity index (χ3n) is 4.29. The highest BCUT2D eigenvalue weighted by Crippen LogP contribution is 2.21. The Labute approximate surface area is 161 Å². The van der Waals surface area contributed by atoms with Crippen LogP contribution in [0.5, 0.6) is 5.75 Å². The number of hydrogen-bond acceptors (Lipinski definition) is 5. The second-order valence-electron chi connectivity index (χ2n) is 7.98. The number of ether oxygens (including phenoxy) is 1. The summed E-state index contributed by atoms with van der Waals surface area (Å²) in [4.78, 5) is 26.9. The van der Waals surface area contributed by atoms with Crippen LogP contribution < -0.4 is 10.6 Å². The predicted molar refractivity (Wildman–Crippen MR) is 105 cm³/mol. The Kier molecular flexibility index (Phi) is 7.07. The van der Waals surface area contributed by atoms with Gasteiger partial charge in [-0.15, -0.1) is 0 Å². The molecule has 27 heavy (non-hydrogen) atoms. The maximum absolute atomic E-state index is 12.6. The number of carbonyl (C=O) groups excluding carboxylic acids is 2. The monoisotopic (exact) mass is 377 g/mol. The second-order valence-corrected chi connectivity index (χ2v) is 7.98. The Balaban J connectivity index is 1.96. The van der Waals surface area contributed by atoms with Gasteiger partial charge in [-0.3, -0.25) is 10.1 Å². The highest BCUT2D eigenvalue weighted by Gasteiger charge is 2.21. The van der Waals surface area contributed by atoms with Gasteiger partial charge in [0.15, 0.2) is 0 Å². The number of likely N-dealkylation sites (tertiary alicyclic amines) is 1. The molecule has 150 valence electrons. The van der Waals surface area contributed by atoms with Crippen LogP contribution in [0.1, 0.15) is 57.3 Å². The van der Waals surface area contributed by atoms with Gasteiger partial charge in [-0.25, -0.2) is 4.79 Å². The van der Waals surface area contributed by atoms with Gasteiger partial charge in [0.1, 0.15) is 11.4 Å².